The number of aromatic nitrogens is 4. The van der Waals surface area contributed by atoms with Crippen molar-refractivity contribution < 1.29 is 18.7 Å². The van der Waals surface area contributed by atoms with Crippen molar-refractivity contribution in [1.29, 1.82) is 0 Å². The number of carbonyl (C=O) groups excluding carboxylic acids is 1. The number of carbonyl (C=O) groups is 1. The Hall–Kier alpha value is -3.44. The molecule has 4 N–H and O–H groups in total. The predicted octanol–water partition coefficient (Wildman–Crippen LogP) is 3.23. The molecule has 0 saturated heterocycles. The van der Waals surface area contributed by atoms with E-state index in [-0.39, 0.29) is 17.8 Å². The monoisotopic (exact) mass is 478 g/mol. The van der Waals surface area contributed by atoms with Gasteiger partial charge in [0, 0.05) is 20.1 Å². The Kier molecular flexibility index (Phi) is 10.0. The lowest BCUT2D eigenvalue weighted by atomic mass is 10.1. The summed E-state index contributed by atoms with van der Waals surface area (Å²) in [6.07, 6.45) is 6.61. The minimum Gasteiger partial charge on any atom is -0.481 e. The van der Waals surface area contributed by atoms with Crippen LogP contribution in [-0.2, 0) is 16.5 Å². The maximum atomic E-state index is 13.9. The number of ether oxygens (including phenoxy) is 2. The Balaban J connectivity index is 1.75. The van der Waals surface area contributed by atoms with Gasteiger partial charge in [0.15, 0.2) is 17.0 Å². The summed E-state index contributed by atoms with van der Waals surface area (Å²) in [7, 11) is 3.14. The van der Waals surface area contributed by atoms with Crippen LogP contribution in [0, 0.1) is 6.08 Å². The molecule has 12 heteroatoms. The number of amides is 1. The van der Waals surface area contributed by atoms with Crippen molar-refractivity contribution >= 4 is 29.3 Å². The van der Waals surface area contributed by atoms with Crippen LogP contribution in [-0.4, -0.2) is 57.6 Å². The number of aryl methyl sites for hydroxylation is 1. The van der Waals surface area contributed by atoms with Gasteiger partial charge in [-0.3, -0.25) is 4.99 Å². The Labute approximate surface area is 199 Å². The quantitative estimate of drug-likeness (QED) is 0.183. The number of methoxy groups -OCH3 is 1. The Morgan fingerprint density at radius 1 is 1.24 bits per heavy atom. The summed E-state index contributed by atoms with van der Waals surface area (Å²) in [6.45, 7) is 6.69. The van der Waals surface area contributed by atoms with Crippen molar-refractivity contribution in [1.82, 2.24) is 24.8 Å². The van der Waals surface area contributed by atoms with Crippen molar-refractivity contribution in [2.24, 2.45) is 17.8 Å². The SMILES string of the molecule is COC(N)=C(C=NCCCCCCCNC(=O)OC(C)(C)C)Nc1nc(F)nc2c1ncn2C. The van der Waals surface area contributed by atoms with E-state index in [2.05, 4.69) is 30.6 Å². The second kappa shape index (κ2) is 12.7. The standard InChI is InChI=1S/C22H35FN8O3/c1-22(2,3)34-21(32)26-12-10-8-6-7-9-11-25-13-15(17(24)33-5)28-18-16-19(30-20(23)29-18)31(4)14-27-16/h13-14H,6-12,24H2,1-5H3,(H,26,32)(H,28,29,30). The van der Waals surface area contributed by atoms with Crippen LogP contribution in [0.1, 0.15) is 52.9 Å². The number of aliphatic imine (C=N–C) groups is 1. The first-order valence-electron chi connectivity index (χ1n) is 11.2. The number of allylic oxidation sites excluding steroid dienone is 1. The number of anilines is 1. The molecule has 2 heterocycles. The molecule has 0 fully saturated rings. The number of nitrogens with zero attached hydrogens (tertiary/aromatic N) is 5. The minimum absolute atomic E-state index is 0.0874. The van der Waals surface area contributed by atoms with E-state index in [4.69, 9.17) is 15.2 Å². The highest BCUT2D eigenvalue weighted by molar-refractivity contribution is 5.89. The smallest absolute Gasteiger partial charge is 0.407 e. The second-order valence-electron chi connectivity index (χ2n) is 8.71. The van der Waals surface area contributed by atoms with Crippen LogP contribution in [0.15, 0.2) is 22.9 Å². The molecule has 0 aromatic carbocycles. The van der Waals surface area contributed by atoms with Gasteiger partial charge in [-0.25, -0.2) is 9.78 Å². The third-order valence-corrected chi connectivity index (χ3v) is 4.62. The van der Waals surface area contributed by atoms with Crippen LogP contribution >= 0.6 is 0 Å². The van der Waals surface area contributed by atoms with Gasteiger partial charge in [-0.15, -0.1) is 0 Å². The molecule has 0 saturated carbocycles. The van der Waals surface area contributed by atoms with Gasteiger partial charge in [-0.2, -0.15) is 14.4 Å². The number of hydrogen-bond acceptors (Lipinski definition) is 9. The molecule has 0 bridgehead atoms. The highest BCUT2D eigenvalue weighted by Crippen LogP contribution is 2.19. The summed E-state index contributed by atoms with van der Waals surface area (Å²) in [5.41, 5.74) is 6.53. The first-order valence-corrected chi connectivity index (χ1v) is 11.2. The van der Waals surface area contributed by atoms with Gasteiger partial charge in [0.05, 0.1) is 19.7 Å². The van der Waals surface area contributed by atoms with Gasteiger partial charge >= 0.3 is 12.2 Å². The van der Waals surface area contributed by atoms with Crippen LogP contribution in [0.25, 0.3) is 11.2 Å². The number of rotatable bonds is 12. The topological polar surface area (TPSA) is 142 Å². The fourth-order valence-corrected chi connectivity index (χ4v) is 2.98. The first-order chi connectivity index (χ1) is 16.1. The van der Waals surface area contributed by atoms with Gasteiger partial charge in [-0.05, 0) is 33.6 Å². The highest BCUT2D eigenvalue weighted by Gasteiger charge is 2.15. The van der Waals surface area contributed by atoms with Crippen LogP contribution in [0.5, 0.6) is 0 Å². The number of fused-ring (bicyclic) bond motifs is 1. The van der Waals surface area contributed by atoms with E-state index in [0.717, 1.165) is 32.1 Å². The Bertz CT molecular complexity index is 1010. The Morgan fingerprint density at radius 2 is 1.94 bits per heavy atom. The molecule has 2 rings (SSSR count). The number of nitrogens with one attached hydrogen (secondary N) is 2. The maximum Gasteiger partial charge on any atom is 0.407 e. The lowest BCUT2D eigenvalue weighted by Gasteiger charge is -2.19. The molecule has 2 aromatic heterocycles. The molecule has 0 unspecified atom stereocenters. The summed E-state index contributed by atoms with van der Waals surface area (Å²) < 4.78 is 25.8. The minimum atomic E-state index is -0.882. The number of halogens is 1. The zero-order valence-electron chi connectivity index (χ0n) is 20.5. The molecule has 34 heavy (non-hydrogen) atoms. The molecule has 2 aromatic rings. The number of unbranched alkanes of at least 4 members (excludes halogenated alkanes) is 4. The normalized spacial score (nSPS) is 12.6. The van der Waals surface area contributed by atoms with Gasteiger partial charge in [0.1, 0.15) is 11.3 Å². The van der Waals surface area contributed by atoms with E-state index in [1.807, 2.05) is 20.8 Å². The molecular weight excluding hydrogens is 443 g/mol. The van der Waals surface area contributed by atoms with E-state index >= 15 is 0 Å². The number of nitrogens with two attached hydrogens (primary N) is 1. The lowest BCUT2D eigenvalue weighted by molar-refractivity contribution is 0.0527. The van der Waals surface area contributed by atoms with Crippen molar-refractivity contribution in [3.63, 3.8) is 0 Å². The van der Waals surface area contributed by atoms with Gasteiger partial charge in [0.2, 0.25) is 5.88 Å². The number of alkyl carbamates (subject to hydrolysis) is 1. The molecule has 0 aliphatic carbocycles. The molecule has 0 atom stereocenters. The molecule has 11 nitrogen and oxygen atoms in total. The zero-order chi connectivity index (χ0) is 25.1. The summed E-state index contributed by atoms with van der Waals surface area (Å²) in [5.74, 6) is 0.258. The molecule has 0 aliphatic rings. The molecule has 0 radical (unpaired) electrons. The first kappa shape index (κ1) is 26.8. The highest BCUT2D eigenvalue weighted by atomic mass is 19.1. The molecule has 1 amide bonds. The fraction of sp³-hybridized carbons (Fsp3) is 0.591. The van der Waals surface area contributed by atoms with Crippen LogP contribution in [0.3, 0.4) is 0 Å². The van der Waals surface area contributed by atoms with E-state index in [1.165, 1.54) is 13.4 Å². The van der Waals surface area contributed by atoms with E-state index in [0.29, 0.717) is 30.0 Å². The van der Waals surface area contributed by atoms with E-state index in [1.54, 1.807) is 17.8 Å². The lowest BCUT2D eigenvalue weighted by Crippen LogP contribution is -2.32. The largest absolute Gasteiger partial charge is 0.481 e. The Morgan fingerprint density at radius 3 is 2.65 bits per heavy atom. The fourth-order valence-electron chi connectivity index (χ4n) is 2.98. The van der Waals surface area contributed by atoms with Crippen molar-refractivity contribution in [2.75, 3.05) is 25.5 Å². The molecule has 0 spiro atoms. The number of imidazole rings is 1. The van der Waals surface area contributed by atoms with Gasteiger partial charge in [-0.1, -0.05) is 19.3 Å². The van der Waals surface area contributed by atoms with Gasteiger partial charge < -0.3 is 30.4 Å². The summed E-state index contributed by atoms with van der Waals surface area (Å²) in [6, 6.07) is 0. The van der Waals surface area contributed by atoms with E-state index < -0.39 is 11.7 Å². The van der Waals surface area contributed by atoms with Crippen LogP contribution < -0.4 is 16.4 Å². The molecule has 0 aliphatic heterocycles. The maximum absolute atomic E-state index is 13.9. The molecule has 188 valence electrons. The predicted molar refractivity (Wildman–Crippen MR) is 129 cm³/mol. The zero-order valence-corrected chi connectivity index (χ0v) is 20.5. The van der Waals surface area contributed by atoms with Crippen LogP contribution in [0.2, 0.25) is 0 Å². The average molecular weight is 479 g/mol. The van der Waals surface area contributed by atoms with Crippen molar-refractivity contribution in [3.05, 3.63) is 24.0 Å². The third-order valence-electron chi connectivity index (χ3n) is 4.62. The van der Waals surface area contributed by atoms with Gasteiger partial charge in [0.25, 0.3) is 0 Å². The van der Waals surface area contributed by atoms with Crippen molar-refractivity contribution in [2.45, 2.75) is 58.5 Å². The molecular formula is C22H35FN8O3. The van der Waals surface area contributed by atoms with Crippen LogP contribution in [0.4, 0.5) is 15.0 Å². The van der Waals surface area contributed by atoms with Crippen molar-refractivity contribution in [3.8, 4) is 0 Å². The second-order valence-corrected chi connectivity index (χ2v) is 8.71. The third kappa shape index (κ3) is 8.83. The van der Waals surface area contributed by atoms with E-state index in [9.17, 15) is 9.18 Å². The summed E-state index contributed by atoms with van der Waals surface area (Å²) >= 11 is 0. The number of hydrogen-bond donors (Lipinski definition) is 3. The summed E-state index contributed by atoms with van der Waals surface area (Å²) in [5, 5.41) is 5.70. The summed E-state index contributed by atoms with van der Waals surface area (Å²) in [4.78, 5) is 27.7. The average Bonchev–Trinajstić information content (AvgIpc) is 3.12.